The number of fused-ring (bicyclic) bond motifs is 1. The number of methoxy groups -OCH3 is 2. The van der Waals surface area contributed by atoms with E-state index < -0.39 is 10.0 Å². The summed E-state index contributed by atoms with van der Waals surface area (Å²) in [6.45, 7) is 2.97. The lowest BCUT2D eigenvalue weighted by Gasteiger charge is -2.29. The summed E-state index contributed by atoms with van der Waals surface area (Å²) in [6.07, 6.45) is 3.38. The molecule has 1 N–H and O–H groups in total. The molecule has 3 heterocycles. The van der Waals surface area contributed by atoms with Crippen molar-refractivity contribution >= 4 is 21.4 Å². The number of nitrogens with zero attached hydrogens (tertiary/aromatic N) is 2. The smallest absolute Gasteiger partial charge is 0.250 e. The maximum absolute atomic E-state index is 12.7. The first-order valence-corrected chi connectivity index (χ1v) is 12.8. The van der Waals surface area contributed by atoms with Gasteiger partial charge in [-0.25, -0.2) is 13.1 Å². The van der Waals surface area contributed by atoms with Crippen LogP contribution in [0.5, 0.6) is 11.5 Å². The zero-order valence-electron chi connectivity index (χ0n) is 18.2. The Labute approximate surface area is 193 Å². The first-order chi connectivity index (χ1) is 15.5. The SMILES string of the molecule is COc1cc2c(cc1OC)CN(CCCNS(=O)(=O)c1ccc(-c3ccccn3)s1)CC2. The van der Waals surface area contributed by atoms with Crippen LogP contribution in [0.1, 0.15) is 17.5 Å². The Morgan fingerprint density at radius 2 is 1.88 bits per heavy atom. The molecule has 1 aromatic carbocycles. The molecule has 0 spiro atoms. The summed E-state index contributed by atoms with van der Waals surface area (Å²) in [5.74, 6) is 1.50. The molecular weight excluding hydrogens is 446 g/mol. The summed E-state index contributed by atoms with van der Waals surface area (Å²) in [5, 5.41) is 0. The van der Waals surface area contributed by atoms with Crippen molar-refractivity contribution in [3.63, 3.8) is 0 Å². The van der Waals surface area contributed by atoms with E-state index in [0.717, 1.165) is 54.5 Å². The molecule has 170 valence electrons. The Kier molecular flexibility index (Phi) is 7.10. The highest BCUT2D eigenvalue weighted by atomic mass is 32.2. The fourth-order valence-electron chi connectivity index (χ4n) is 3.82. The topological polar surface area (TPSA) is 80.8 Å². The van der Waals surface area contributed by atoms with Crippen molar-refractivity contribution in [3.05, 3.63) is 59.8 Å². The molecule has 0 atom stereocenters. The molecule has 0 fully saturated rings. The van der Waals surface area contributed by atoms with Crippen molar-refractivity contribution in [2.45, 2.75) is 23.6 Å². The van der Waals surface area contributed by atoms with Gasteiger partial charge in [0.1, 0.15) is 4.21 Å². The molecule has 2 aromatic heterocycles. The number of rotatable bonds is 9. The molecule has 0 saturated heterocycles. The quantitative estimate of drug-likeness (QED) is 0.479. The van der Waals surface area contributed by atoms with Crippen LogP contribution in [0.25, 0.3) is 10.6 Å². The molecule has 1 aliphatic heterocycles. The average molecular weight is 474 g/mol. The van der Waals surface area contributed by atoms with Crippen molar-refractivity contribution in [2.24, 2.45) is 0 Å². The van der Waals surface area contributed by atoms with E-state index in [1.165, 1.54) is 22.5 Å². The molecule has 0 aliphatic carbocycles. The number of hydrogen-bond donors (Lipinski definition) is 1. The van der Waals surface area contributed by atoms with Crippen LogP contribution in [0.3, 0.4) is 0 Å². The number of hydrogen-bond acceptors (Lipinski definition) is 7. The number of ether oxygens (including phenoxy) is 2. The average Bonchev–Trinajstić information content (AvgIpc) is 3.33. The third-order valence-corrected chi connectivity index (χ3v) is 8.56. The Hall–Kier alpha value is -2.46. The van der Waals surface area contributed by atoms with E-state index in [2.05, 4.69) is 20.7 Å². The largest absolute Gasteiger partial charge is 0.493 e. The monoisotopic (exact) mass is 473 g/mol. The van der Waals surface area contributed by atoms with Gasteiger partial charge in [0.05, 0.1) is 24.8 Å². The Balaban J connectivity index is 1.30. The van der Waals surface area contributed by atoms with E-state index in [1.54, 1.807) is 32.5 Å². The van der Waals surface area contributed by atoms with Gasteiger partial charge in [0.15, 0.2) is 11.5 Å². The fourth-order valence-corrected chi connectivity index (χ4v) is 6.23. The summed E-state index contributed by atoms with van der Waals surface area (Å²) in [5.41, 5.74) is 3.29. The molecule has 0 unspecified atom stereocenters. The van der Waals surface area contributed by atoms with E-state index in [0.29, 0.717) is 10.8 Å². The van der Waals surface area contributed by atoms with Crippen LogP contribution in [-0.4, -0.2) is 52.2 Å². The molecule has 32 heavy (non-hydrogen) atoms. The van der Waals surface area contributed by atoms with E-state index in [-0.39, 0.29) is 0 Å². The number of nitrogens with one attached hydrogen (secondary N) is 1. The lowest BCUT2D eigenvalue weighted by Crippen LogP contribution is -2.33. The van der Waals surface area contributed by atoms with Crippen LogP contribution >= 0.6 is 11.3 Å². The van der Waals surface area contributed by atoms with Gasteiger partial charge in [-0.15, -0.1) is 11.3 Å². The Bertz CT molecular complexity index is 1160. The molecule has 3 aromatic rings. The zero-order chi connectivity index (χ0) is 22.6. The molecule has 4 rings (SSSR count). The van der Waals surface area contributed by atoms with E-state index in [9.17, 15) is 8.42 Å². The van der Waals surface area contributed by atoms with Crippen LogP contribution in [0.4, 0.5) is 0 Å². The van der Waals surface area contributed by atoms with Gasteiger partial charge in [0.25, 0.3) is 0 Å². The van der Waals surface area contributed by atoms with Crippen molar-refractivity contribution in [1.82, 2.24) is 14.6 Å². The lowest BCUT2D eigenvalue weighted by molar-refractivity contribution is 0.250. The normalized spacial score (nSPS) is 14.2. The van der Waals surface area contributed by atoms with Gasteiger partial charge in [-0.05, 0) is 66.9 Å². The highest BCUT2D eigenvalue weighted by Crippen LogP contribution is 2.33. The number of pyridine rings is 1. The predicted molar refractivity (Wildman–Crippen MR) is 126 cm³/mol. The molecular formula is C23H27N3O4S2. The zero-order valence-corrected chi connectivity index (χ0v) is 19.8. The van der Waals surface area contributed by atoms with Crippen molar-refractivity contribution < 1.29 is 17.9 Å². The van der Waals surface area contributed by atoms with Gasteiger partial charge in [0, 0.05) is 25.8 Å². The summed E-state index contributed by atoms with van der Waals surface area (Å²) in [7, 11) is -0.232. The fraction of sp³-hybridized carbons (Fsp3) is 0.348. The van der Waals surface area contributed by atoms with Crippen molar-refractivity contribution in [1.29, 1.82) is 0 Å². The third kappa shape index (κ3) is 5.12. The van der Waals surface area contributed by atoms with Gasteiger partial charge < -0.3 is 9.47 Å². The van der Waals surface area contributed by atoms with Crippen LogP contribution in [0, 0.1) is 0 Å². The minimum Gasteiger partial charge on any atom is -0.493 e. The molecule has 0 saturated carbocycles. The Morgan fingerprint density at radius 3 is 2.59 bits per heavy atom. The second-order valence-electron chi connectivity index (χ2n) is 7.59. The lowest BCUT2D eigenvalue weighted by atomic mass is 9.98. The number of benzene rings is 1. The van der Waals surface area contributed by atoms with Crippen LogP contribution < -0.4 is 14.2 Å². The standard InChI is InChI=1S/C23H27N3O4S2/c1-29-20-14-17-9-13-26(16-18(17)15-21(20)30-2)12-5-11-25-32(27,28)23-8-7-22(31-23)19-6-3-4-10-24-19/h3-4,6-8,10,14-15,25H,5,9,11-13,16H2,1-2H3. The number of thiophene rings is 1. The van der Waals surface area contributed by atoms with Crippen molar-refractivity contribution in [2.75, 3.05) is 33.9 Å². The third-order valence-electron chi connectivity index (χ3n) is 5.50. The predicted octanol–water partition coefficient (Wildman–Crippen LogP) is 3.55. The maximum Gasteiger partial charge on any atom is 0.250 e. The highest BCUT2D eigenvalue weighted by molar-refractivity contribution is 7.91. The second kappa shape index (κ2) is 9.99. The van der Waals surface area contributed by atoms with Gasteiger partial charge in [-0.1, -0.05) is 6.07 Å². The number of sulfonamides is 1. The van der Waals surface area contributed by atoms with Crippen molar-refractivity contribution in [3.8, 4) is 22.1 Å². The van der Waals surface area contributed by atoms with Crippen LogP contribution in [0.15, 0.2) is 52.9 Å². The summed E-state index contributed by atoms with van der Waals surface area (Å²) < 4.78 is 39.2. The van der Waals surface area contributed by atoms with Crippen LogP contribution in [-0.2, 0) is 23.0 Å². The minimum atomic E-state index is -3.52. The second-order valence-corrected chi connectivity index (χ2v) is 10.7. The van der Waals surface area contributed by atoms with Gasteiger partial charge in [-0.3, -0.25) is 9.88 Å². The van der Waals surface area contributed by atoms with Gasteiger partial charge in [0.2, 0.25) is 10.0 Å². The first kappa shape index (κ1) is 22.7. The molecule has 7 nitrogen and oxygen atoms in total. The number of aromatic nitrogens is 1. The summed E-state index contributed by atoms with van der Waals surface area (Å²) in [6, 6.07) is 13.1. The Morgan fingerprint density at radius 1 is 1.09 bits per heavy atom. The van der Waals surface area contributed by atoms with E-state index in [4.69, 9.17) is 9.47 Å². The molecule has 9 heteroatoms. The molecule has 0 amide bonds. The summed E-state index contributed by atoms with van der Waals surface area (Å²) >= 11 is 1.23. The van der Waals surface area contributed by atoms with Crippen LogP contribution in [0.2, 0.25) is 0 Å². The highest BCUT2D eigenvalue weighted by Gasteiger charge is 2.20. The molecule has 1 aliphatic rings. The molecule has 0 radical (unpaired) electrons. The van der Waals surface area contributed by atoms with E-state index >= 15 is 0 Å². The van der Waals surface area contributed by atoms with Gasteiger partial charge >= 0.3 is 0 Å². The van der Waals surface area contributed by atoms with E-state index in [1.807, 2.05) is 24.3 Å². The molecule has 0 bridgehead atoms. The van der Waals surface area contributed by atoms with Gasteiger partial charge in [-0.2, -0.15) is 0 Å². The first-order valence-electron chi connectivity index (χ1n) is 10.5. The minimum absolute atomic E-state index is 0.311. The summed E-state index contributed by atoms with van der Waals surface area (Å²) in [4.78, 5) is 7.46. The maximum atomic E-state index is 12.7.